The predicted molar refractivity (Wildman–Crippen MR) is 137 cm³/mol. The van der Waals surface area contributed by atoms with Gasteiger partial charge in [0.05, 0.1) is 18.7 Å². The van der Waals surface area contributed by atoms with E-state index in [2.05, 4.69) is 9.88 Å². The number of rotatable bonds is 10. The molecule has 0 spiro atoms. The van der Waals surface area contributed by atoms with Crippen LogP contribution in [0, 0.1) is 0 Å². The Morgan fingerprint density at radius 1 is 0.861 bits per heavy atom. The van der Waals surface area contributed by atoms with Gasteiger partial charge < -0.3 is 23.9 Å². The molecule has 4 aromatic rings. The number of esters is 1. The topological polar surface area (TPSA) is 73.0 Å². The van der Waals surface area contributed by atoms with Crippen LogP contribution in [0.3, 0.4) is 0 Å². The number of fused-ring (bicyclic) bond motifs is 1. The maximum absolute atomic E-state index is 12.8. The Morgan fingerprint density at radius 3 is 2.22 bits per heavy atom. The Morgan fingerprint density at radius 2 is 1.53 bits per heavy atom. The molecule has 0 unspecified atom stereocenters. The number of hydrogen-bond donors (Lipinski definition) is 1. The lowest BCUT2D eigenvalue weighted by Gasteiger charge is -2.26. The van der Waals surface area contributed by atoms with E-state index in [1.807, 2.05) is 72.8 Å². The first-order valence-electron chi connectivity index (χ1n) is 12.2. The van der Waals surface area contributed by atoms with Crippen molar-refractivity contribution in [1.82, 2.24) is 9.88 Å². The Bertz CT molecular complexity index is 1270. The van der Waals surface area contributed by atoms with Gasteiger partial charge in [-0.05, 0) is 17.2 Å². The average molecular weight is 487 g/mol. The molecule has 0 atom stereocenters. The van der Waals surface area contributed by atoms with Gasteiger partial charge in [0.1, 0.15) is 37.0 Å². The highest BCUT2D eigenvalue weighted by Gasteiger charge is 2.17. The first-order chi connectivity index (χ1) is 17.7. The number of aromatic nitrogens is 1. The summed E-state index contributed by atoms with van der Waals surface area (Å²) in [6.07, 6.45) is 0. The van der Waals surface area contributed by atoms with E-state index >= 15 is 0 Å². The molecule has 1 aromatic heterocycles. The van der Waals surface area contributed by atoms with Crippen molar-refractivity contribution in [2.24, 2.45) is 0 Å². The van der Waals surface area contributed by atoms with Crippen LogP contribution in [0.25, 0.3) is 10.9 Å². The second kappa shape index (κ2) is 11.7. The van der Waals surface area contributed by atoms with E-state index < -0.39 is 0 Å². The van der Waals surface area contributed by atoms with Crippen LogP contribution < -0.4 is 9.47 Å². The molecule has 0 aliphatic carbocycles. The second-order valence-electron chi connectivity index (χ2n) is 8.70. The van der Waals surface area contributed by atoms with Crippen LogP contribution in [0.2, 0.25) is 0 Å². The van der Waals surface area contributed by atoms with Crippen LogP contribution in [0.1, 0.15) is 21.6 Å². The largest absolute Gasteiger partial charge is 0.489 e. The molecular formula is C29H30N2O5. The van der Waals surface area contributed by atoms with Crippen LogP contribution in [0.5, 0.6) is 11.5 Å². The van der Waals surface area contributed by atoms with E-state index in [-0.39, 0.29) is 5.97 Å². The molecule has 2 heterocycles. The molecule has 36 heavy (non-hydrogen) atoms. The summed E-state index contributed by atoms with van der Waals surface area (Å²) < 4.78 is 23.1. The SMILES string of the molecule is O=C(OCCN1CCOCC1)c1cc2c(OCc3ccccc3)cc(OCc3ccccc3)cc2[nH]1. The lowest BCUT2D eigenvalue weighted by Crippen LogP contribution is -2.38. The highest BCUT2D eigenvalue weighted by molar-refractivity contribution is 5.97. The van der Waals surface area contributed by atoms with Gasteiger partial charge in [0.25, 0.3) is 0 Å². The molecule has 1 saturated heterocycles. The third-order valence-electron chi connectivity index (χ3n) is 6.12. The number of benzene rings is 3. The Balaban J connectivity index is 1.32. The fraction of sp³-hybridized carbons (Fsp3) is 0.276. The van der Waals surface area contributed by atoms with E-state index in [0.29, 0.717) is 43.6 Å². The van der Waals surface area contributed by atoms with Crippen molar-refractivity contribution in [3.05, 3.63) is 95.7 Å². The van der Waals surface area contributed by atoms with Crippen molar-refractivity contribution >= 4 is 16.9 Å². The summed E-state index contributed by atoms with van der Waals surface area (Å²) in [5, 5.41) is 0.804. The number of carbonyl (C=O) groups excluding carboxylic acids is 1. The van der Waals surface area contributed by atoms with Crippen LogP contribution >= 0.6 is 0 Å². The number of H-pyrrole nitrogens is 1. The zero-order valence-electron chi connectivity index (χ0n) is 20.2. The first-order valence-corrected chi connectivity index (χ1v) is 12.2. The molecule has 5 rings (SSSR count). The molecular weight excluding hydrogens is 456 g/mol. The molecule has 7 nitrogen and oxygen atoms in total. The normalized spacial score (nSPS) is 14.0. The summed E-state index contributed by atoms with van der Waals surface area (Å²) in [5.41, 5.74) is 3.26. The maximum atomic E-state index is 12.8. The fourth-order valence-electron chi connectivity index (χ4n) is 4.14. The van der Waals surface area contributed by atoms with E-state index in [1.54, 1.807) is 6.07 Å². The van der Waals surface area contributed by atoms with E-state index in [0.717, 1.165) is 48.3 Å². The molecule has 0 radical (unpaired) electrons. The molecule has 0 bridgehead atoms. The zero-order chi connectivity index (χ0) is 24.6. The fourth-order valence-corrected chi connectivity index (χ4v) is 4.14. The van der Waals surface area contributed by atoms with Crippen molar-refractivity contribution in [2.75, 3.05) is 39.5 Å². The third kappa shape index (κ3) is 6.24. The van der Waals surface area contributed by atoms with Crippen LogP contribution in [-0.4, -0.2) is 55.3 Å². The van der Waals surface area contributed by atoms with Gasteiger partial charge in [-0.3, -0.25) is 4.90 Å². The summed E-state index contributed by atoms with van der Waals surface area (Å²) >= 11 is 0. The molecule has 1 aliphatic heterocycles. The minimum absolute atomic E-state index is 0.330. The number of nitrogens with zero attached hydrogens (tertiary/aromatic N) is 1. The number of hydrogen-bond acceptors (Lipinski definition) is 6. The minimum Gasteiger partial charge on any atom is -0.489 e. The molecule has 1 fully saturated rings. The van der Waals surface area contributed by atoms with Crippen molar-refractivity contribution in [1.29, 1.82) is 0 Å². The van der Waals surface area contributed by atoms with Crippen molar-refractivity contribution in [2.45, 2.75) is 13.2 Å². The number of morpholine rings is 1. The second-order valence-corrected chi connectivity index (χ2v) is 8.70. The van der Waals surface area contributed by atoms with E-state index in [1.165, 1.54) is 0 Å². The van der Waals surface area contributed by atoms with Gasteiger partial charge >= 0.3 is 5.97 Å². The predicted octanol–water partition coefficient (Wildman–Crippen LogP) is 4.81. The summed E-state index contributed by atoms with van der Waals surface area (Å²) in [4.78, 5) is 18.2. The molecule has 7 heteroatoms. The van der Waals surface area contributed by atoms with Crippen molar-refractivity contribution < 1.29 is 23.7 Å². The summed E-state index contributed by atoms with van der Waals surface area (Å²) in [6, 6.07) is 25.5. The number of aromatic amines is 1. The lowest BCUT2D eigenvalue weighted by atomic mass is 10.2. The Hall–Kier alpha value is -3.81. The van der Waals surface area contributed by atoms with E-state index in [9.17, 15) is 4.79 Å². The van der Waals surface area contributed by atoms with Gasteiger partial charge in [0.15, 0.2) is 0 Å². The molecule has 1 aliphatic rings. The Kier molecular flexibility index (Phi) is 7.80. The lowest BCUT2D eigenvalue weighted by molar-refractivity contribution is 0.0193. The van der Waals surface area contributed by atoms with Gasteiger partial charge in [-0.25, -0.2) is 4.79 Å². The van der Waals surface area contributed by atoms with Gasteiger partial charge in [-0.2, -0.15) is 0 Å². The highest BCUT2D eigenvalue weighted by Crippen LogP contribution is 2.33. The molecule has 0 saturated carbocycles. The highest BCUT2D eigenvalue weighted by atomic mass is 16.5. The van der Waals surface area contributed by atoms with Crippen molar-refractivity contribution in [3.63, 3.8) is 0 Å². The monoisotopic (exact) mass is 486 g/mol. The standard InChI is InChI=1S/C29H30N2O5/c32-29(34-16-13-31-11-14-33-15-12-31)27-19-25-26(30-27)17-24(35-20-22-7-3-1-4-8-22)18-28(25)36-21-23-9-5-2-6-10-23/h1-10,17-19,30H,11-16,20-21H2. The van der Waals surface area contributed by atoms with Gasteiger partial charge in [0.2, 0.25) is 0 Å². The summed E-state index contributed by atoms with van der Waals surface area (Å²) in [5.74, 6) is 0.909. The molecule has 186 valence electrons. The Labute approximate surface area is 210 Å². The number of carbonyl (C=O) groups is 1. The number of nitrogens with one attached hydrogen (secondary N) is 1. The smallest absolute Gasteiger partial charge is 0.354 e. The summed E-state index contributed by atoms with van der Waals surface area (Å²) in [7, 11) is 0. The number of ether oxygens (including phenoxy) is 4. The van der Waals surface area contributed by atoms with Crippen molar-refractivity contribution in [3.8, 4) is 11.5 Å². The molecule has 0 amide bonds. The van der Waals surface area contributed by atoms with E-state index in [4.69, 9.17) is 18.9 Å². The minimum atomic E-state index is -0.389. The zero-order valence-corrected chi connectivity index (χ0v) is 20.2. The first kappa shape index (κ1) is 23.9. The average Bonchev–Trinajstić information content (AvgIpc) is 3.37. The van der Waals surface area contributed by atoms with Crippen LogP contribution in [-0.2, 0) is 22.7 Å². The van der Waals surface area contributed by atoms with Gasteiger partial charge in [-0.15, -0.1) is 0 Å². The van der Waals surface area contributed by atoms with Crippen LogP contribution in [0.15, 0.2) is 78.9 Å². The van der Waals surface area contributed by atoms with Gasteiger partial charge in [0, 0.05) is 37.2 Å². The summed E-state index contributed by atoms with van der Waals surface area (Å²) in [6.45, 7) is 5.02. The maximum Gasteiger partial charge on any atom is 0.354 e. The van der Waals surface area contributed by atoms with Gasteiger partial charge in [-0.1, -0.05) is 60.7 Å². The third-order valence-corrected chi connectivity index (χ3v) is 6.12. The quantitative estimate of drug-likeness (QED) is 0.324. The molecule has 3 aromatic carbocycles. The molecule has 1 N–H and O–H groups in total. The van der Waals surface area contributed by atoms with Crippen LogP contribution in [0.4, 0.5) is 0 Å².